The molecule has 2 unspecified atom stereocenters. The molecule has 0 saturated carbocycles. The van der Waals surface area contributed by atoms with Gasteiger partial charge in [0.15, 0.2) is 5.96 Å². The molecule has 0 aliphatic carbocycles. The van der Waals surface area contributed by atoms with Crippen LogP contribution in [0.2, 0.25) is 0 Å². The highest BCUT2D eigenvalue weighted by Crippen LogP contribution is 2.31. The quantitative estimate of drug-likeness (QED) is 0.300. The van der Waals surface area contributed by atoms with Crippen LogP contribution in [0.1, 0.15) is 24.9 Å². The number of halogens is 2. The summed E-state index contributed by atoms with van der Waals surface area (Å²) in [5, 5.41) is 16.8. The molecule has 29 heavy (non-hydrogen) atoms. The van der Waals surface area contributed by atoms with E-state index in [1.165, 1.54) is 24.3 Å². The molecule has 6 nitrogen and oxygen atoms in total. The minimum absolute atomic E-state index is 0. The fraction of sp³-hybridized carbons (Fsp3) is 0.381. The van der Waals surface area contributed by atoms with Gasteiger partial charge in [-0.1, -0.05) is 18.2 Å². The zero-order chi connectivity index (χ0) is 19.8. The van der Waals surface area contributed by atoms with E-state index in [0.717, 1.165) is 17.7 Å². The third kappa shape index (κ3) is 7.04. The number of aliphatic hydroxyl groups is 1. The zero-order valence-electron chi connectivity index (χ0n) is 16.3. The van der Waals surface area contributed by atoms with Crippen LogP contribution in [0.15, 0.2) is 53.5 Å². The summed E-state index contributed by atoms with van der Waals surface area (Å²) in [6.07, 6.45) is 0.0555. The van der Waals surface area contributed by atoms with Crippen molar-refractivity contribution in [1.82, 2.24) is 10.6 Å². The van der Waals surface area contributed by atoms with Crippen LogP contribution in [0.25, 0.3) is 0 Å². The van der Waals surface area contributed by atoms with E-state index in [4.69, 9.17) is 9.47 Å². The maximum Gasteiger partial charge on any atom is 0.191 e. The Kier molecular flexibility index (Phi) is 9.46. The number of aliphatic imine (C=N–C) groups is 1. The number of nitrogens with zero attached hydrogens (tertiary/aromatic N) is 1. The Bertz CT molecular complexity index is 789. The number of fused-ring (bicyclic) bond motifs is 1. The molecule has 2 aromatic carbocycles. The number of rotatable bonds is 7. The van der Waals surface area contributed by atoms with Crippen molar-refractivity contribution in [3.05, 3.63) is 59.9 Å². The summed E-state index contributed by atoms with van der Waals surface area (Å²) in [5.41, 5.74) is 1.10. The van der Waals surface area contributed by atoms with Crippen molar-refractivity contribution in [2.24, 2.45) is 4.99 Å². The lowest BCUT2D eigenvalue weighted by molar-refractivity contribution is 0.114. The molecule has 158 valence electrons. The highest BCUT2D eigenvalue weighted by molar-refractivity contribution is 14.0. The Morgan fingerprint density at radius 3 is 2.79 bits per heavy atom. The van der Waals surface area contributed by atoms with Crippen LogP contribution < -0.4 is 20.1 Å². The smallest absolute Gasteiger partial charge is 0.191 e. The minimum Gasteiger partial charge on any atom is -0.493 e. The lowest BCUT2D eigenvalue weighted by Crippen LogP contribution is -2.41. The summed E-state index contributed by atoms with van der Waals surface area (Å²) in [5.74, 6) is 1.70. The number of para-hydroxylation sites is 1. The van der Waals surface area contributed by atoms with Gasteiger partial charge in [0.25, 0.3) is 0 Å². The molecule has 3 N–H and O–H groups in total. The summed E-state index contributed by atoms with van der Waals surface area (Å²) in [7, 11) is 0. The first-order valence-corrected chi connectivity index (χ1v) is 9.48. The van der Waals surface area contributed by atoms with E-state index in [9.17, 15) is 9.50 Å². The normalized spacial score (nSPS) is 16.7. The van der Waals surface area contributed by atoms with Crippen molar-refractivity contribution in [3.8, 4) is 11.5 Å². The molecule has 2 atom stereocenters. The van der Waals surface area contributed by atoms with E-state index in [-0.39, 0.29) is 49.0 Å². The molecule has 0 saturated heterocycles. The Morgan fingerprint density at radius 2 is 2.03 bits per heavy atom. The third-order valence-electron chi connectivity index (χ3n) is 4.33. The van der Waals surface area contributed by atoms with Gasteiger partial charge in [-0.3, -0.25) is 4.99 Å². The molecule has 0 fully saturated rings. The number of hydrogen-bond acceptors (Lipinski definition) is 4. The number of ether oxygens (including phenoxy) is 2. The summed E-state index contributed by atoms with van der Waals surface area (Å²) in [6.45, 7) is 3.60. The summed E-state index contributed by atoms with van der Waals surface area (Å²) >= 11 is 0. The Balaban J connectivity index is 0.00000300. The molecule has 1 aliphatic rings. The molecule has 2 aromatic rings. The summed E-state index contributed by atoms with van der Waals surface area (Å²) in [4.78, 5) is 4.47. The van der Waals surface area contributed by atoms with Gasteiger partial charge in [-0.15, -0.1) is 24.0 Å². The van der Waals surface area contributed by atoms with E-state index in [0.29, 0.717) is 24.9 Å². The second kappa shape index (κ2) is 11.8. The van der Waals surface area contributed by atoms with Crippen LogP contribution in [0.4, 0.5) is 4.39 Å². The van der Waals surface area contributed by atoms with Gasteiger partial charge in [0, 0.05) is 18.5 Å². The van der Waals surface area contributed by atoms with Gasteiger partial charge in [-0.05, 0) is 37.3 Å². The van der Waals surface area contributed by atoms with Gasteiger partial charge in [0.05, 0.1) is 19.2 Å². The third-order valence-corrected chi connectivity index (χ3v) is 4.33. The predicted molar refractivity (Wildman–Crippen MR) is 122 cm³/mol. The van der Waals surface area contributed by atoms with Gasteiger partial charge < -0.3 is 25.2 Å². The number of benzene rings is 2. The second-order valence-corrected chi connectivity index (χ2v) is 6.51. The summed E-state index contributed by atoms with van der Waals surface area (Å²) in [6, 6.07) is 13.7. The fourth-order valence-electron chi connectivity index (χ4n) is 2.95. The Hall–Kier alpha value is -2.07. The van der Waals surface area contributed by atoms with Crippen molar-refractivity contribution >= 4 is 29.9 Å². The highest BCUT2D eigenvalue weighted by atomic mass is 127. The molecular weight excluding hydrogens is 488 g/mol. The molecule has 0 aromatic heterocycles. The van der Waals surface area contributed by atoms with Crippen LogP contribution in [-0.4, -0.2) is 43.5 Å². The first-order valence-electron chi connectivity index (χ1n) is 9.48. The molecule has 1 aliphatic heterocycles. The summed E-state index contributed by atoms with van der Waals surface area (Å²) < 4.78 is 24.1. The van der Waals surface area contributed by atoms with E-state index >= 15 is 0 Å². The maximum atomic E-state index is 12.9. The van der Waals surface area contributed by atoms with Gasteiger partial charge in [-0.2, -0.15) is 0 Å². The average Bonchev–Trinajstić information content (AvgIpc) is 2.72. The van der Waals surface area contributed by atoms with Crippen molar-refractivity contribution in [2.75, 3.05) is 26.3 Å². The van der Waals surface area contributed by atoms with Gasteiger partial charge in [0.2, 0.25) is 0 Å². The first kappa shape index (κ1) is 23.2. The van der Waals surface area contributed by atoms with Crippen LogP contribution in [0.5, 0.6) is 11.5 Å². The zero-order valence-corrected chi connectivity index (χ0v) is 18.6. The van der Waals surface area contributed by atoms with Crippen LogP contribution in [0.3, 0.4) is 0 Å². The van der Waals surface area contributed by atoms with E-state index < -0.39 is 6.10 Å². The molecule has 0 radical (unpaired) electrons. The lowest BCUT2D eigenvalue weighted by atomic mass is 10.0. The number of nitrogens with one attached hydrogen (secondary N) is 2. The molecule has 0 bridgehead atoms. The van der Waals surface area contributed by atoms with Gasteiger partial charge in [-0.25, -0.2) is 4.39 Å². The van der Waals surface area contributed by atoms with E-state index in [2.05, 4.69) is 15.6 Å². The predicted octanol–water partition coefficient (Wildman–Crippen LogP) is 3.26. The maximum absolute atomic E-state index is 12.9. The highest BCUT2D eigenvalue weighted by Gasteiger charge is 2.21. The van der Waals surface area contributed by atoms with E-state index in [1.807, 2.05) is 31.2 Å². The molecule has 1 heterocycles. The van der Waals surface area contributed by atoms with Crippen LogP contribution in [0, 0.1) is 5.82 Å². The number of hydrogen-bond donors (Lipinski definition) is 3. The van der Waals surface area contributed by atoms with Crippen molar-refractivity contribution in [2.45, 2.75) is 25.5 Å². The lowest BCUT2D eigenvalue weighted by Gasteiger charge is -2.28. The Labute approximate surface area is 187 Å². The van der Waals surface area contributed by atoms with Crippen molar-refractivity contribution in [1.29, 1.82) is 0 Å². The molecule has 3 rings (SSSR count). The number of guanidine groups is 1. The van der Waals surface area contributed by atoms with Crippen molar-refractivity contribution in [3.63, 3.8) is 0 Å². The molecule has 0 amide bonds. The largest absolute Gasteiger partial charge is 0.493 e. The Morgan fingerprint density at radius 1 is 1.28 bits per heavy atom. The molecule has 0 spiro atoms. The minimum atomic E-state index is -0.775. The molecule has 8 heteroatoms. The second-order valence-electron chi connectivity index (χ2n) is 6.51. The average molecular weight is 515 g/mol. The van der Waals surface area contributed by atoms with Gasteiger partial charge >= 0.3 is 0 Å². The first-order chi connectivity index (χ1) is 13.7. The SMILES string of the molecule is CCNC(=NCC(O)COc1ccc(F)cc1)NC1CCOc2ccccc21.I. The standard InChI is InChI=1S/C21H26FN3O3.HI/c1-2-23-21(25-19-11-12-27-20-6-4-3-5-18(19)20)24-13-16(26)14-28-17-9-7-15(22)8-10-17;/h3-10,16,19,26H,2,11-14H2,1H3,(H2,23,24,25);1H. The van der Waals surface area contributed by atoms with Crippen LogP contribution in [-0.2, 0) is 0 Å². The molecular formula is C21H27FIN3O3. The van der Waals surface area contributed by atoms with Crippen LogP contribution >= 0.6 is 24.0 Å². The fourth-order valence-corrected chi connectivity index (χ4v) is 2.95. The van der Waals surface area contributed by atoms with E-state index in [1.54, 1.807) is 0 Å². The van der Waals surface area contributed by atoms with Gasteiger partial charge in [0.1, 0.15) is 30.0 Å². The van der Waals surface area contributed by atoms with Crippen molar-refractivity contribution < 1.29 is 19.0 Å². The topological polar surface area (TPSA) is 75.1 Å². The monoisotopic (exact) mass is 515 g/mol. The number of aliphatic hydroxyl groups excluding tert-OH is 1.